The third kappa shape index (κ3) is 3.24. The highest BCUT2D eigenvalue weighted by atomic mass is 16.3. The Bertz CT molecular complexity index is 1110. The molecule has 0 aliphatic carbocycles. The average molecular weight is 341 g/mol. The van der Waals surface area contributed by atoms with Crippen LogP contribution in [0.25, 0.3) is 22.3 Å². The Morgan fingerprint density at radius 3 is 2.38 bits per heavy atom. The molecule has 4 aromatic rings. The molecule has 128 valence electrons. The molecule has 0 saturated heterocycles. The number of benzene rings is 3. The first-order chi connectivity index (χ1) is 12.7. The molecule has 0 aliphatic rings. The first-order valence-corrected chi connectivity index (χ1v) is 8.69. The van der Waals surface area contributed by atoms with Crippen LogP contribution in [0.1, 0.15) is 12.5 Å². The van der Waals surface area contributed by atoms with E-state index in [1.807, 2.05) is 42.5 Å². The van der Waals surface area contributed by atoms with E-state index in [9.17, 15) is 5.11 Å². The molecule has 0 fully saturated rings. The van der Waals surface area contributed by atoms with Gasteiger partial charge in [-0.2, -0.15) is 0 Å². The van der Waals surface area contributed by atoms with Gasteiger partial charge in [-0.15, -0.1) is 0 Å². The quantitative estimate of drug-likeness (QED) is 0.527. The van der Waals surface area contributed by atoms with E-state index in [1.165, 1.54) is 5.56 Å². The van der Waals surface area contributed by atoms with Crippen molar-refractivity contribution in [1.29, 1.82) is 0 Å². The largest absolute Gasteiger partial charge is 0.508 e. The summed E-state index contributed by atoms with van der Waals surface area (Å²) >= 11 is 0. The normalized spacial score (nSPS) is 11.8. The zero-order valence-corrected chi connectivity index (χ0v) is 14.5. The van der Waals surface area contributed by atoms with Gasteiger partial charge in [-0.3, -0.25) is 0 Å². The molecule has 0 saturated carbocycles. The van der Waals surface area contributed by atoms with Crippen LogP contribution in [0.5, 0.6) is 5.75 Å². The molecule has 0 atom stereocenters. The molecule has 26 heavy (non-hydrogen) atoms. The molecule has 1 heterocycles. The molecule has 0 radical (unpaired) electrons. The van der Waals surface area contributed by atoms with E-state index in [-0.39, 0.29) is 5.75 Å². The summed E-state index contributed by atoms with van der Waals surface area (Å²) in [5, 5.41) is 11.3. The molecular weight excluding hydrogens is 322 g/mol. The highest BCUT2D eigenvalue weighted by Gasteiger charge is 2.07. The minimum absolute atomic E-state index is 0.232. The minimum Gasteiger partial charge on any atom is -0.508 e. The summed E-state index contributed by atoms with van der Waals surface area (Å²) < 4.78 is 6.14. The Morgan fingerprint density at radius 1 is 0.885 bits per heavy atom. The standard InChI is InChI=1S/C23H19NO2/c1-2-16-8-13-22-20(14-16)21(24-18-9-11-19(25)12-10-18)15-23(26-22)17-6-4-3-5-7-17/h3-15,25H,2H2,1H3. The van der Waals surface area contributed by atoms with Gasteiger partial charge in [-0.05, 0) is 48.4 Å². The van der Waals surface area contributed by atoms with Crippen LogP contribution in [0.3, 0.4) is 0 Å². The third-order valence-corrected chi connectivity index (χ3v) is 4.37. The highest BCUT2D eigenvalue weighted by Crippen LogP contribution is 2.24. The van der Waals surface area contributed by atoms with Crippen LogP contribution in [-0.2, 0) is 6.42 Å². The molecule has 0 aliphatic heterocycles. The zero-order valence-electron chi connectivity index (χ0n) is 14.5. The molecule has 0 amide bonds. The molecule has 3 aromatic carbocycles. The van der Waals surface area contributed by atoms with Crippen molar-refractivity contribution in [3.8, 4) is 17.1 Å². The van der Waals surface area contributed by atoms with Crippen LogP contribution < -0.4 is 5.36 Å². The fraction of sp³-hybridized carbons (Fsp3) is 0.0870. The summed E-state index contributed by atoms with van der Waals surface area (Å²) in [7, 11) is 0. The van der Waals surface area contributed by atoms with Crippen LogP contribution in [-0.4, -0.2) is 5.11 Å². The van der Waals surface area contributed by atoms with E-state index < -0.39 is 0 Å². The molecule has 3 heteroatoms. The van der Waals surface area contributed by atoms with Crippen molar-refractivity contribution in [2.45, 2.75) is 13.3 Å². The van der Waals surface area contributed by atoms with Crippen molar-refractivity contribution in [3.05, 3.63) is 89.8 Å². The van der Waals surface area contributed by atoms with Crippen molar-refractivity contribution in [3.63, 3.8) is 0 Å². The predicted molar refractivity (Wildman–Crippen MR) is 104 cm³/mol. The fourth-order valence-corrected chi connectivity index (χ4v) is 2.94. The number of phenolic OH excluding ortho intramolecular Hbond substituents is 1. The lowest BCUT2D eigenvalue weighted by molar-refractivity contribution is 0.475. The zero-order chi connectivity index (χ0) is 17.9. The lowest BCUT2D eigenvalue weighted by atomic mass is 10.1. The van der Waals surface area contributed by atoms with Gasteiger partial charge in [-0.1, -0.05) is 43.3 Å². The molecule has 4 rings (SSSR count). The van der Waals surface area contributed by atoms with Gasteiger partial charge in [0.2, 0.25) is 0 Å². The minimum atomic E-state index is 0.232. The van der Waals surface area contributed by atoms with E-state index in [2.05, 4.69) is 19.1 Å². The molecule has 1 aromatic heterocycles. The number of phenols is 1. The summed E-state index contributed by atoms with van der Waals surface area (Å²) in [6, 6.07) is 25.1. The number of fused-ring (bicyclic) bond motifs is 1. The number of hydrogen-bond acceptors (Lipinski definition) is 3. The van der Waals surface area contributed by atoms with E-state index in [0.29, 0.717) is 0 Å². The van der Waals surface area contributed by atoms with Crippen LogP contribution in [0, 0.1) is 0 Å². The smallest absolute Gasteiger partial charge is 0.136 e. The SMILES string of the molecule is CCc1ccc2oc(-c3ccccc3)cc(=Nc3ccc(O)cc3)c2c1. The topological polar surface area (TPSA) is 45.7 Å². The van der Waals surface area contributed by atoms with Crippen LogP contribution in [0.15, 0.2) is 88.3 Å². The Labute approximate surface area is 151 Å². The molecule has 1 N–H and O–H groups in total. The van der Waals surface area contributed by atoms with Gasteiger partial charge in [-0.25, -0.2) is 4.99 Å². The maximum Gasteiger partial charge on any atom is 0.136 e. The van der Waals surface area contributed by atoms with Crippen molar-refractivity contribution in [1.82, 2.24) is 0 Å². The lowest BCUT2D eigenvalue weighted by Crippen LogP contribution is -2.03. The Morgan fingerprint density at radius 2 is 1.65 bits per heavy atom. The molecule has 0 spiro atoms. The van der Waals surface area contributed by atoms with E-state index in [1.54, 1.807) is 24.3 Å². The molecule has 0 unspecified atom stereocenters. The average Bonchev–Trinajstić information content (AvgIpc) is 2.70. The van der Waals surface area contributed by atoms with Crippen LogP contribution >= 0.6 is 0 Å². The number of rotatable bonds is 3. The summed E-state index contributed by atoms with van der Waals surface area (Å²) in [6.45, 7) is 2.13. The van der Waals surface area contributed by atoms with E-state index in [4.69, 9.17) is 9.41 Å². The summed E-state index contributed by atoms with van der Waals surface area (Å²) in [5.41, 5.74) is 3.84. The highest BCUT2D eigenvalue weighted by molar-refractivity contribution is 5.79. The Kier molecular flexibility index (Phi) is 4.28. The van der Waals surface area contributed by atoms with Gasteiger partial charge < -0.3 is 9.52 Å². The number of aromatic hydroxyl groups is 1. The molecule has 3 nitrogen and oxygen atoms in total. The second kappa shape index (κ2) is 6.89. The number of hydrogen-bond donors (Lipinski definition) is 1. The maximum atomic E-state index is 9.50. The van der Waals surface area contributed by atoms with E-state index in [0.717, 1.165) is 39.8 Å². The number of aryl methyl sites for hydroxylation is 1. The van der Waals surface area contributed by atoms with Crippen molar-refractivity contribution >= 4 is 16.7 Å². The second-order valence-corrected chi connectivity index (χ2v) is 6.17. The predicted octanol–water partition coefficient (Wildman–Crippen LogP) is 5.60. The first kappa shape index (κ1) is 16.2. The Hall–Kier alpha value is -3.33. The van der Waals surface area contributed by atoms with Gasteiger partial charge in [0.1, 0.15) is 17.1 Å². The fourth-order valence-electron chi connectivity index (χ4n) is 2.94. The van der Waals surface area contributed by atoms with Crippen LogP contribution in [0.4, 0.5) is 5.69 Å². The van der Waals surface area contributed by atoms with Crippen molar-refractivity contribution < 1.29 is 9.52 Å². The van der Waals surface area contributed by atoms with Crippen molar-refractivity contribution in [2.75, 3.05) is 0 Å². The second-order valence-electron chi connectivity index (χ2n) is 6.17. The number of nitrogens with zero attached hydrogens (tertiary/aromatic N) is 1. The molecule has 0 bridgehead atoms. The molecular formula is C23H19NO2. The van der Waals surface area contributed by atoms with Gasteiger partial charge >= 0.3 is 0 Å². The Balaban J connectivity index is 1.99. The van der Waals surface area contributed by atoms with Crippen LogP contribution in [0.2, 0.25) is 0 Å². The van der Waals surface area contributed by atoms with Crippen molar-refractivity contribution in [2.24, 2.45) is 4.99 Å². The van der Waals surface area contributed by atoms with Gasteiger partial charge in [0.25, 0.3) is 0 Å². The third-order valence-electron chi connectivity index (χ3n) is 4.37. The van der Waals surface area contributed by atoms with Gasteiger partial charge in [0, 0.05) is 17.0 Å². The lowest BCUT2D eigenvalue weighted by Gasteiger charge is -2.06. The summed E-state index contributed by atoms with van der Waals surface area (Å²) in [6.07, 6.45) is 0.953. The summed E-state index contributed by atoms with van der Waals surface area (Å²) in [4.78, 5) is 4.80. The first-order valence-electron chi connectivity index (χ1n) is 8.69. The monoisotopic (exact) mass is 341 g/mol. The van der Waals surface area contributed by atoms with E-state index >= 15 is 0 Å². The van der Waals surface area contributed by atoms with Gasteiger partial charge in [0.15, 0.2) is 0 Å². The van der Waals surface area contributed by atoms with Gasteiger partial charge in [0.05, 0.1) is 11.0 Å². The summed E-state index contributed by atoms with van der Waals surface area (Å²) in [5.74, 6) is 1.01. The maximum absolute atomic E-state index is 9.50.